The lowest BCUT2D eigenvalue weighted by atomic mass is 9.70. The van der Waals surface area contributed by atoms with Gasteiger partial charge in [0.25, 0.3) is 0 Å². The topological polar surface area (TPSA) is 12.0 Å². The molecule has 0 spiro atoms. The number of hydrogen-bond donors (Lipinski definition) is 1. The number of anilines is 1. The molecule has 1 saturated carbocycles. The Kier molecular flexibility index (Phi) is 2.42. The maximum Gasteiger partial charge on any atom is 0.0442 e. The summed E-state index contributed by atoms with van der Waals surface area (Å²) in [4.78, 5) is 0. The molecular formula is C15H21N. The minimum Gasteiger partial charge on any atom is -0.379 e. The normalized spacial score (nSPS) is 31.7. The summed E-state index contributed by atoms with van der Waals surface area (Å²) in [6.07, 6.45) is 8.16. The van der Waals surface area contributed by atoms with E-state index in [9.17, 15) is 0 Å². The van der Waals surface area contributed by atoms with Crippen molar-refractivity contribution in [2.45, 2.75) is 56.9 Å². The predicted octanol–water partition coefficient (Wildman–Crippen LogP) is 4.31. The van der Waals surface area contributed by atoms with Crippen molar-refractivity contribution in [2.24, 2.45) is 0 Å². The molecule has 0 radical (unpaired) electrons. The molecule has 0 aromatic heterocycles. The second-order valence-electron chi connectivity index (χ2n) is 5.42. The van der Waals surface area contributed by atoms with Gasteiger partial charge in [-0.15, -0.1) is 0 Å². The van der Waals surface area contributed by atoms with E-state index in [1.54, 1.807) is 5.56 Å². The number of benzene rings is 1. The average molecular weight is 215 g/mol. The molecule has 1 aliphatic heterocycles. The first-order valence-electron chi connectivity index (χ1n) is 6.73. The van der Waals surface area contributed by atoms with Crippen LogP contribution < -0.4 is 5.32 Å². The maximum atomic E-state index is 3.85. The fraction of sp³-hybridized carbons (Fsp3) is 0.600. The number of nitrogens with one attached hydrogen (secondary N) is 1. The van der Waals surface area contributed by atoms with Gasteiger partial charge in [0.1, 0.15) is 0 Å². The Morgan fingerprint density at radius 2 is 2.19 bits per heavy atom. The zero-order chi connectivity index (χ0) is 11.0. The molecule has 3 rings (SSSR count). The number of fused-ring (bicyclic) bond motifs is 3. The molecule has 16 heavy (non-hydrogen) atoms. The van der Waals surface area contributed by atoms with E-state index in [-0.39, 0.29) is 0 Å². The smallest absolute Gasteiger partial charge is 0.0442 e. The van der Waals surface area contributed by atoms with E-state index in [2.05, 4.69) is 36.5 Å². The van der Waals surface area contributed by atoms with Crippen molar-refractivity contribution in [3.05, 3.63) is 29.8 Å². The van der Waals surface area contributed by atoms with Gasteiger partial charge in [0, 0.05) is 17.1 Å². The predicted molar refractivity (Wildman–Crippen MR) is 68.9 cm³/mol. The fourth-order valence-corrected chi connectivity index (χ4v) is 3.83. The van der Waals surface area contributed by atoms with E-state index in [0.29, 0.717) is 5.54 Å². The van der Waals surface area contributed by atoms with Crippen LogP contribution in [-0.4, -0.2) is 5.54 Å². The Labute approximate surface area is 98.3 Å². The second-order valence-corrected chi connectivity index (χ2v) is 5.42. The summed E-state index contributed by atoms with van der Waals surface area (Å²) in [7, 11) is 0. The minimum absolute atomic E-state index is 0.399. The number of para-hydroxylation sites is 1. The molecule has 1 heterocycles. The molecular weight excluding hydrogens is 194 g/mol. The quantitative estimate of drug-likeness (QED) is 0.775. The van der Waals surface area contributed by atoms with Crippen LogP contribution in [-0.2, 0) is 0 Å². The monoisotopic (exact) mass is 215 g/mol. The molecule has 2 atom stereocenters. The summed E-state index contributed by atoms with van der Waals surface area (Å²) in [5, 5.41) is 3.85. The summed E-state index contributed by atoms with van der Waals surface area (Å²) in [6.45, 7) is 2.31. The van der Waals surface area contributed by atoms with Crippen molar-refractivity contribution in [2.75, 3.05) is 5.32 Å². The lowest BCUT2D eigenvalue weighted by molar-refractivity contribution is 0.273. The van der Waals surface area contributed by atoms with E-state index in [0.717, 1.165) is 5.92 Å². The minimum atomic E-state index is 0.399. The van der Waals surface area contributed by atoms with Gasteiger partial charge in [-0.25, -0.2) is 0 Å². The third kappa shape index (κ3) is 1.37. The molecule has 1 nitrogen and oxygen atoms in total. The largest absolute Gasteiger partial charge is 0.379 e. The van der Waals surface area contributed by atoms with Gasteiger partial charge in [0.05, 0.1) is 0 Å². The van der Waals surface area contributed by atoms with Crippen LogP contribution in [0.2, 0.25) is 0 Å². The van der Waals surface area contributed by atoms with Crippen LogP contribution in [0.5, 0.6) is 0 Å². The molecule has 0 bridgehead atoms. The van der Waals surface area contributed by atoms with Gasteiger partial charge < -0.3 is 5.32 Å². The first-order chi connectivity index (χ1) is 7.86. The third-order valence-corrected chi connectivity index (χ3v) is 4.45. The highest BCUT2D eigenvalue weighted by molar-refractivity contribution is 5.62. The van der Waals surface area contributed by atoms with Crippen LogP contribution in [0.15, 0.2) is 24.3 Å². The van der Waals surface area contributed by atoms with E-state index in [4.69, 9.17) is 0 Å². The van der Waals surface area contributed by atoms with E-state index in [1.807, 2.05) is 0 Å². The summed E-state index contributed by atoms with van der Waals surface area (Å²) in [5.41, 5.74) is 3.38. The highest BCUT2D eigenvalue weighted by Crippen LogP contribution is 2.52. The van der Waals surface area contributed by atoms with Crippen LogP contribution in [0, 0.1) is 0 Å². The van der Waals surface area contributed by atoms with Crippen molar-refractivity contribution in [1.29, 1.82) is 0 Å². The fourth-order valence-electron chi connectivity index (χ4n) is 3.83. The third-order valence-electron chi connectivity index (χ3n) is 4.45. The Hall–Kier alpha value is -0.980. The number of rotatable bonds is 2. The molecule has 1 aromatic rings. The second kappa shape index (κ2) is 3.80. The van der Waals surface area contributed by atoms with Crippen LogP contribution in [0.25, 0.3) is 0 Å². The van der Waals surface area contributed by atoms with Crippen LogP contribution in [0.4, 0.5) is 5.69 Å². The molecule has 1 aromatic carbocycles. The lowest BCUT2D eigenvalue weighted by Crippen LogP contribution is -2.41. The summed E-state index contributed by atoms with van der Waals surface area (Å²) >= 11 is 0. The van der Waals surface area contributed by atoms with Crippen LogP contribution >= 0.6 is 0 Å². The van der Waals surface area contributed by atoms with Crippen molar-refractivity contribution >= 4 is 5.69 Å². The molecule has 0 saturated heterocycles. The first-order valence-corrected chi connectivity index (χ1v) is 6.73. The Morgan fingerprint density at radius 3 is 3.06 bits per heavy atom. The van der Waals surface area contributed by atoms with Crippen molar-refractivity contribution in [3.8, 4) is 0 Å². The van der Waals surface area contributed by atoms with Gasteiger partial charge in [-0.3, -0.25) is 0 Å². The first kappa shape index (κ1) is 10.2. The van der Waals surface area contributed by atoms with Crippen molar-refractivity contribution in [1.82, 2.24) is 0 Å². The molecule has 2 unspecified atom stereocenters. The molecule has 1 fully saturated rings. The molecule has 2 aliphatic rings. The van der Waals surface area contributed by atoms with E-state index in [1.165, 1.54) is 44.2 Å². The summed E-state index contributed by atoms with van der Waals surface area (Å²) < 4.78 is 0. The summed E-state index contributed by atoms with van der Waals surface area (Å²) in [6, 6.07) is 8.93. The van der Waals surface area contributed by atoms with Gasteiger partial charge in [-0.2, -0.15) is 0 Å². The zero-order valence-corrected chi connectivity index (χ0v) is 10.1. The Balaban J connectivity index is 2.00. The molecule has 0 amide bonds. The average Bonchev–Trinajstić information content (AvgIpc) is 2.63. The summed E-state index contributed by atoms with van der Waals surface area (Å²) in [5.74, 6) is 0.775. The van der Waals surface area contributed by atoms with Gasteiger partial charge >= 0.3 is 0 Å². The highest BCUT2D eigenvalue weighted by Gasteiger charge is 2.45. The Bertz CT molecular complexity index is 381. The van der Waals surface area contributed by atoms with Crippen LogP contribution in [0.1, 0.15) is 56.9 Å². The van der Waals surface area contributed by atoms with Crippen LogP contribution in [0.3, 0.4) is 0 Å². The van der Waals surface area contributed by atoms with Crippen molar-refractivity contribution < 1.29 is 0 Å². The molecule has 86 valence electrons. The van der Waals surface area contributed by atoms with E-state index >= 15 is 0 Å². The highest BCUT2D eigenvalue weighted by atomic mass is 15.0. The van der Waals surface area contributed by atoms with Gasteiger partial charge in [0.2, 0.25) is 0 Å². The number of hydrogen-bond acceptors (Lipinski definition) is 1. The Morgan fingerprint density at radius 1 is 1.31 bits per heavy atom. The van der Waals surface area contributed by atoms with Crippen molar-refractivity contribution in [3.63, 3.8) is 0 Å². The molecule has 1 N–H and O–H groups in total. The lowest BCUT2D eigenvalue weighted by Gasteiger charge is -2.40. The standard InChI is InChI=1S/C15H21N/c1-2-10-15-11-6-5-8-13(15)12-7-3-4-9-14(12)16-15/h3-4,7,9,13,16H,2,5-6,8,10-11H2,1H3. The SMILES string of the molecule is CCCC12CCCCC1c1ccccc1N2. The van der Waals surface area contributed by atoms with E-state index < -0.39 is 0 Å². The van der Waals surface area contributed by atoms with Gasteiger partial charge in [0.15, 0.2) is 0 Å². The zero-order valence-electron chi connectivity index (χ0n) is 10.1. The van der Waals surface area contributed by atoms with Gasteiger partial charge in [-0.05, 0) is 30.9 Å². The molecule has 1 aliphatic carbocycles. The molecule has 1 heteroatoms. The maximum absolute atomic E-state index is 3.85. The van der Waals surface area contributed by atoms with Gasteiger partial charge in [-0.1, -0.05) is 44.4 Å².